The molecule has 134 valence electrons. The van der Waals surface area contributed by atoms with Gasteiger partial charge in [-0.15, -0.1) is 12.4 Å². The molecule has 8 heteroatoms. The summed E-state index contributed by atoms with van der Waals surface area (Å²) in [5.74, 6) is 0.409. The van der Waals surface area contributed by atoms with Gasteiger partial charge < -0.3 is 15.4 Å². The van der Waals surface area contributed by atoms with Crippen LogP contribution in [0.4, 0.5) is 5.69 Å². The molecule has 2 aliphatic rings. The zero-order valence-corrected chi connectivity index (χ0v) is 15.3. The summed E-state index contributed by atoms with van der Waals surface area (Å²) in [5, 5.41) is 5.92. The predicted molar refractivity (Wildman–Crippen MR) is 95.8 cm³/mol. The van der Waals surface area contributed by atoms with Gasteiger partial charge >= 0.3 is 0 Å². The van der Waals surface area contributed by atoms with Crippen LogP contribution >= 0.6 is 12.4 Å². The number of hydrogen-bond acceptors (Lipinski definition) is 5. The lowest BCUT2D eigenvalue weighted by molar-refractivity contribution is -0.119. The Labute approximate surface area is 148 Å². The van der Waals surface area contributed by atoms with Crippen molar-refractivity contribution in [1.29, 1.82) is 0 Å². The largest absolute Gasteiger partial charge is 0.493 e. The van der Waals surface area contributed by atoms with Crippen molar-refractivity contribution in [3.63, 3.8) is 0 Å². The quantitative estimate of drug-likeness (QED) is 0.838. The lowest BCUT2D eigenvalue weighted by Gasteiger charge is -2.34. The number of halogens is 1. The van der Waals surface area contributed by atoms with E-state index in [-0.39, 0.29) is 12.4 Å². The standard InChI is InChI=1S/C16H22N2O4S.ClH/c1-23(20,21)16(6-8-17-9-7-16)15(19)18-13-4-5-14-12(11-13)3-2-10-22-14;/h4-5,11,17H,2-3,6-10H2,1H3,(H,18,19);1H. The smallest absolute Gasteiger partial charge is 0.245 e. The number of carbonyl (C=O) groups excluding carboxylic acids is 1. The maximum atomic E-state index is 12.8. The Morgan fingerprint density at radius 2 is 2.00 bits per heavy atom. The number of carbonyl (C=O) groups is 1. The van der Waals surface area contributed by atoms with Crippen molar-refractivity contribution in [3.8, 4) is 5.75 Å². The molecule has 2 N–H and O–H groups in total. The molecule has 2 aliphatic heterocycles. The average molecular weight is 375 g/mol. The summed E-state index contributed by atoms with van der Waals surface area (Å²) in [6.45, 7) is 1.76. The monoisotopic (exact) mass is 374 g/mol. The molecule has 0 saturated carbocycles. The molecule has 0 radical (unpaired) electrons. The van der Waals surface area contributed by atoms with Crippen LogP contribution in [0.1, 0.15) is 24.8 Å². The maximum Gasteiger partial charge on any atom is 0.245 e. The molecule has 0 spiro atoms. The molecule has 2 heterocycles. The second-order valence-corrected chi connectivity index (χ2v) is 8.57. The van der Waals surface area contributed by atoms with Crippen molar-refractivity contribution < 1.29 is 17.9 Å². The first kappa shape index (κ1) is 19.0. The van der Waals surface area contributed by atoms with Crippen LogP contribution in [-0.4, -0.2) is 45.0 Å². The van der Waals surface area contributed by atoms with Crippen molar-refractivity contribution >= 4 is 33.8 Å². The first-order chi connectivity index (χ1) is 10.9. The lowest BCUT2D eigenvalue weighted by Crippen LogP contribution is -2.55. The van der Waals surface area contributed by atoms with E-state index >= 15 is 0 Å². The normalized spacial score (nSPS) is 19.4. The minimum Gasteiger partial charge on any atom is -0.493 e. The first-order valence-electron chi connectivity index (χ1n) is 7.90. The van der Waals surface area contributed by atoms with Crippen molar-refractivity contribution in [2.24, 2.45) is 0 Å². The molecule has 0 unspecified atom stereocenters. The molecular formula is C16H23ClN2O4S. The van der Waals surface area contributed by atoms with E-state index in [0.29, 0.717) is 38.2 Å². The third-order valence-corrected chi connectivity index (χ3v) is 6.71. The number of aryl methyl sites for hydroxylation is 1. The Morgan fingerprint density at radius 3 is 2.67 bits per heavy atom. The molecule has 1 saturated heterocycles. The van der Waals surface area contributed by atoms with E-state index in [9.17, 15) is 13.2 Å². The summed E-state index contributed by atoms with van der Waals surface area (Å²) in [4.78, 5) is 12.8. The molecule has 0 aliphatic carbocycles. The SMILES string of the molecule is CS(=O)(=O)C1(C(=O)Nc2ccc3c(c2)CCCO3)CCNCC1.Cl. The average Bonchev–Trinajstić information content (AvgIpc) is 2.54. The van der Waals surface area contributed by atoms with E-state index in [4.69, 9.17) is 4.74 Å². The van der Waals surface area contributed by atoms with E-state index in [1.807, 2.05) is 12.1 Å². The highest BCUT2D eigenvalue weighted by Crippen LogP contribution is 2.31. The minimum atomic E-state index is -3.50. The molecule has 0 aromatic heterocycles. The van der Waals surface area contributed by atoms with E-state index in [2.05, 4.69) is 10.6 Å². The second kappa shape index (κ2) is 7.29. The van der Waals surface area contributed by atoms with E-state index in [1.165, 1.54) is 0 Å². The molecule has 1 amide bonds. The Kier molecular flexibility index (Phi) is 5.78. The third kappa shape index (κ3) is 3.53. The van der Waals surface area contributed by atoms with Gasteiger partial charge in [-0.2, -0.15) is 0 Å². The van der Waals surface area contributed by atoms with E-state index in [1.54, 1.807) is 6.07 Å². The van der Waals surface area contributed by atoms with Gasteiger partial charge in [0.2, 0.25) is 5.91 Å². The van der Waals surface area contributed by atoms with Gasteiger partial charge in [-0.1, -0.05) is 0 Å². The van der Waals surface area contributed by atoms with Crippen LogP contribution in [0.5, 0.6) is 5.75 Å². The van der Waals surface area contributed by atoms with Crippen LogP contribution < -0.4 is 15.4 Å². The molecule has 0 atom stereocenters. The molecule has 1 aromatic rings. The van der Waals surface area contributed by atoms with Crippen LogP contribution in [0.25, 0.3) is 0 Å². The maximum absolute atomic E-state index is 12.8. The zero-order chi connectivity index (χ0) is 16.5. The topological polar surface area (TPSA) is 84.5 Å². The van der Waals surface area contributed by atoms with Crippen molar-refractivity contribution in [1.82, 2.24) is 5.32 Å². The van der Waals surface area contributed by atoms with Gasteiger partial charge in [0.15, 0.2) is 14.6 Å². The van der Waals surface area contributed by atoms with E-state index < -0.39 is 20.5 Å². The van der Waals surface area contributed by atoms with Crippen LogP contribution in [0, 0.1) is 0 Å². The molecule has 6 nitrogen and oxygen atoms in total. The van der Waals surface area contributed by atoms with Crippen LogP contribution in [-0.2, 0) is 21.1 Å². The van der Waals surface area contributed by atoms with Gasteiger partial charge in [0, 0.05) is 11.9 Å². The Balaban J connectivity index is 0.00000208. The minimum absolute atomic E-state index is 0. The molecule has 0 bridgehead atoms. The highest BCUT2D eigenvalue weighted by Gasteiger charge is 2.48. The summed E-state index contributed by atoms with van der Waals surface area (Å²) in [6, 6.07) is 5.47. The van der Waals surface area contributed by atoms with Crippen molar-refractivity contribution in [3.05, 3.63) is 23.8 Å². The summed E-state index contributed by atoms with van der Waals surface area (Å²) in [5.41, 5.74) is 1.67. The third-order valence-electron chi connectivity index (χ3n) is 4.70. The number of piperidine rings is 1. The van der Waals surface area contributed by atoms with E-state index in [0.717, 1.165) is 30.4 Å². The number of nitrogens with one attached hydrogen (secondary N) is 2. The Bertz CT molecular complexity index is 715. The summed E-state index contributed by atoms with van der Waals surface area (Å²) in [6.07, 6.45) is 3.60. The summed E-state index contributed by atoms with van der Waals surface area (Å²) >= 11 is 0. The highest BCUT2D eigenvalue weighted by molar-refractivity contribution is 7.92. The number of fused-ring (bicyclic) bond motifs is 1. The van der Waals surface area contributed by atoms with Gasteiger partial charge in [-0.05, 0) is 62.5 Å². The van der Waals surface area contributed by atoms with Gasteiger partial charge in [0.25, 0.3) is 0 Å². The predicted octanol–water partition coefficient (Wildman–Crippen LogP) is 1.54. The van der Waals surface area contributed by atoms with Crippen LogP contribution in [0.15, 0.2) is 18.2 Å². The van der Waals surface area contributed by atoms with Gasteiger partial charge in [0.1, 0.15) is 5.75 Å². The van der Waals surface area contributed by atoms with Crippen LogP contribution in [0.2, 0.25) is 0 Å². The van der Waals surface area contributed by atoms with Gasteiger partial charge in [-0.25, -0.2) is 8.42 Å². The number of amides is 1. The van der Waals surface area contributed by atoms with Gasteiger partial charge in [-0.3, -0.25) is 4.79 Å². The number of hydrogen-bond donors (Lipinski definition) is 2. The molecule has 1 aromatic carbocycles. The molecular weight excluding hydrogens is 352 g/mol. The fraction of sp³-hybridized carbons (Fsp3) is 0.562. The number of rotatable bonds is 3. The number of benzene rings is 1. The summed E-state index contributed by atoms with van der Waals surface area (Å²) in [7, 11) is -3.50. The zero-order valence-electron chi connectivity index (χ0n) is 13.6. The Hall–Kier alpha value is -1.31. The second-order valence-electron chi connectivity index (χ2n) is 6.25. The van der Waals surface area contributed by atoms with Crippen LogP contribution in [0.3, 0.4) is 0 Å². The number of ether oxygens (including phenoxy) is 1. The highest BCUT2D eigenvalue weighted by atomic mass is 35.5. The molecule has 1 fully saturated rings. The Morgan fingerprint density at radius 1 is 1.29 bits per heavy atom. The van der Waals surface area contributed by atoms with Crippen molar-refractivity contribution in [2.75, 3.05) is 31.3 Å². The van der Waals surface area contributed by atoms with Crippen molar-refractivity contribution in [2.45, 2.75) is 30.4 Å². The number of anilines is 1. The first-order valence-corrected chi connectivity index (χ1v) is 9.79. The van der Waals surface area contributed by atoms with Gasteiger partial charge in [0.05, 0.1) is 6.61 Å². The summed E-state index contributed by atoms with van der Waals surface area (Å²) < 4.78 is 28.7. The number of sulfone groups is 1. The fourth-order valence-corrected chi connectivity index (χ4v) is 4.61. The molecule has 24 heavy (non-hydrogen) atoms. The fourth-order valence-electron chi connectivity index (χ4n) is 3.28. The molecule has 3 rings (SSSR count). The lowest BCUT2D eigenvalue weighted by atomic mass is 9.95.